The van der Waals surface area contributed by atoms with Gasteiger partial charge in [0.25, 0.3) is 0 Å². The van der Waals surface area contributed by atoms with E-state index in [1.807, 2.05) is 0 Å². The van der Waals surface area contributed by atoms with Crippen LogP contribution in [0.25, 0.3) is 5.57 Å². The average molecular weight is 232 g/mol. The summed E-state index contributed by atoms with van der Waals surface area (Å²) in [5.41, 5.74) is 16.4. The van der Waals surface area contributed by atoms with E-state index in [1.54, 1.807) is 0 Å². The molecule has 1 aromatic carbocycles. The SMILES string of the molecule is C=C(c1cccc(CCCN)c1CN)C(C)C. The topological polar surface area (TPSA) is 52.0 Å². The molecule has 94 valence electrons. The summed E-state index contributed by atoms with van der Waals surface area (Å²) in [4.78, 5) is 0. The Labute approximate surface area is 105 Å². The molecule has 2 heteroatoms. The van der Waals surface area contributed by atoms with E-state index >= 15 is 0 Å². The van der Waals surface area contributed by atoms with Gasteiger partial charge in [-0.1, -0.05) is 38.6 Å². The summed E-state index contributed by atoms with van der Waals surface area (Å²) in [7, 11) is 0. The fourth-order valence-electron chi connectivity index (χ4n) is 2.01. The average Bonchev–Trinajstić information content (AvgIpc) is 2.34. The van der Waals surface area contributed by atoms with Gasteiger partial charge >= 0.3 is 0 Å². The van der Waals surface area contributed by atoms with E-state index < -0.39 is 0 Å². The predicted molar refractivity (Wildman–Crippen MR) is 75.6 cm³/mol. The van der Waals surface area contributed by atoms with Crippen LogP contribution >= 0.6 is 0 Å². The van der Waals surface area contributed by atoms with Gasteiger partial charge in [0.2, 0.25) is 0 Å². The van der Waals surface area contributed by atoms with Gasteiger partial charge in [0, 0.05) is 6.54 Å². The summed E-state index contributed by atoms with van der Waals surface area (Å²) in [6.45, 7) is 9.79. The maximum absolute atomic E-state index is 5.89. The van der Waals surface area contributed by atoms with E-state index in [0.29, 0.717) is 12.5 Å². The smallest absolute Gasteiger partial charge is 0.0186 e. The van der Waals surface area contributed by atoms with Crippen molar-refractivity contribution < 1.29 is 0 Å². The second kappa shape index (κ2) is 6.58. The Morgan fingerprint density at radius 1 is 1.29 bits per heavy atom. The second-order valence-corrected chi connectivity index (χ2v) is 4.72. The van der Waals surface area contributed by atoms with E-state index in [9.17, 15) is 0 Å². The lowest BCUT2D eigenvalue weighted by atomic mass is 9.89. The summed E-state index contributed by atoms with van der Waals surface area (Å²) in [6, 6.07) is 6.36. The van der Waals surface area contributed by atoms with Gasteiger partial charge in [-0.05, 0) is 47.6 Å². The minimum absolute atomic E-state index is 0.449. The molecule has 0 amide bonds. The van der Waals surface area contributed by atoms with Crippen molar-refractivity contribution in [3.63, 3.8) is 0 Å². The molecule has 0 aliphatic rings. The molecule has 0 bridgehead atoms. The molecule has 0 heterocycles. The van der Waals surface area contributed by atoms with E-state index in [4.69, 9.17) is 11.5 Å². The van der Waals surface area contributed by atoms with Crippen LogP contribution in [-0.4, -0.2) is 6.54 Å². The van der Waals surface area contributed by atoms with Crippen LogP contribution in [0.1, 0.15) is 37.0 Å². The molecule has 4 N–H and O–H groups in total. The zero-order chi connectivity index (χ0) is 12.8. The molecular weight excluding hydrogens is 208 g/mol. The Balaban J connectivity index is 3.09. The van der Waals surface area contributed by atoms with Crippen LogP contribution in [0.5, 0.6) is 0 Å². The molecule has 0 aromatic heterocycles. The van der Waals surface area contributed by atoms with Gasteiger partial charge in [-0.3, -0.25) is 0 Å². The van der Waals surface area contributed by atoms with Crippen LogP contribution in [0.15, 0.2) is 24.8 Å². The standard InChI is InChI=1S/C15H24N2/c1-11(2)12(3)14-8-4-6-13(7-5-9-16)15(14)10-17/h4,6,8,11H,3,5,7,9-10,16-17H2,1-2H3. The lowest BCUT2D eigenvalue weighted by molar-refractivity contribution is 0.814. The Bertz CT molecular complexity index is 381. The second-order valence-electron chi connectivity index (χ2n) is 4.72. The van der Waals surface area contributed by atoms with Crippen molar-refractivity contribution in [3.8, 4) is 0 Å². The summed E-state index contributed by atoms with van der Waals surface area (Å²) in [5, 5.41) is 0. The zero-order valence-electron chi connectivity index (χ0n) is 11.0. The molecular formula is C15H24N2. The third-order valence-electron chi connectivity index (χ3n) is 3.17. The molecule has 0 aliphatic carbocycles. The van der Waals surface area contributed by atoms with Crippen LogP contribution in [0.4, 0.5) is 0 Å². The Hall–Kier alpha value is -1.12. The van der Waals surface area contributed by atoms with Crippen molar-refractivity contribution in [2.24, 2.45) is 17.4 Å². The van der Waals surface area contributed by atoms with Gasteiger partial charge in [-0.25, -0.2) is 0 Å². The molecule has 0 spiro atoms. The number of allylic oxidation sites excluding steroid dienone is 1. The molecule has 2 nitrogen and oxygen atoms in total. The first-order chi connectivity index (χ1) is 8.11. The third kappa shape index (κ3) is 3.42. The first kappa shape index (κ1) is 13.9. The third-order valence-corrected chi connectivity index (χ3v) is 3.17. The highest BCUT2D eigenvalue weighted by Gasteiger charge is 2.11. The highest BCUT2D eigenvalue weighted by molar-refractivity contribution is 5.68. The Kier molecular flexibility index (Phi) is 5.39. The van der Waals surface area contributed by atoms with Gasteiger partial charge in [0.1, 0.15) is 0 Å². The number of hydrogen-bond donors (Lipinski definition) is 2. The largest absolute Gasteiger partial charge is 0.330 e. The zero-order valence-corrected chi connectivity index (χ0v) is 11.0. The summed E-state index contributed by atoms with van der Waals surface area (Å²) < 4.78 is 0. The van der Waals surface area contributed by atoms with Crippen molar-refractivity contribution >= 4 is 5.57 Å². The summed E-state index contributed by atoms with van der Waals surface area (Å²) in [5.74, 6) is 0.449. The minimum Gasteiger partial charge on any atom is -0.330 e. The first-order valence-electron chi connectivity index (χ1n) is 6.31. The normalized spacial score (nSPS) is 10.9. The van der Waals surface area contributed by atoms with Gasteiger partial charge in [0.05, 0.1) is 0 Å². The van der Waals surface area contributed by atoms with Crippen LogP contribution in [0, 0.1) is 5.92 Å². The van der Waals surface area contributed by atoms with Crippen LogP contribution in [-0.2, 0) is 13.0 Å². The maximum atomic E-state index is 5.89. The van der Waals surface area contributed by atoms with Crippen molar-refractivity contribution in [1.82, 2.24) is 0 Å². The highest BCUT2D eigenvalue weighted by Crippen LogP contribution is 2.27. The Morgan fingerprint density at radius 2 is 2.00 bits per heavy atom. The highest BCUT2D eigenvalue weighted by atomic mass is 14.5. The number of hydrogen-bond acceptors (Lipinski definition) is 2. The van der Waals surface area contributed by atoms with Crippen molar-refractivity contribution in [2.45, 2.75) is 33.2 Å². The molecule has 1 rings (SSSR count). The van der Waals surface area contributed by atoms with Gasteiger partial charge < -0.3 is 11.5 Å². The fraction of sp³-hybridized carbons (Fsp3) is 0.467. The lowest BCUT2D eigenvalue weighted by Gasteiger charge is -2.17. The van der Waals surface area contributed by atoms with Gasteiger partial charge in [0.15, 0.2) is 0 Å². The van der Waals surface area contributed by atoms with E-state index in [-0.39, 0.29) is 0 Å². The molecule has 0 unspecified atom stereocenters. The monoisotopic (exact) mass is 232 g/mol. The number of rotatable bonds is 6. The molecule has 0 radical (unpaired) electrons. The van der Waals surface area contributed by atoms with Gasteiger partial charge in [-0.15, -0.1) is 0 Å². The van der Waals surface area contributed by atoms with E-state index in [1.165, 1.54) is 22.3 Å². The van der Waals surface area contributed by atoms with Crippen LogP contribution < -0.4 is 11.5 Å². The van der Waals surface area contributed by atoms with Crippen LogP contribution in [0.3, 0.4) is 0 Å². The summed E-state index contributed by atoms with van der Waals surface area (Å²) in [6.07, 6.45) is 2.01. The predicted octanol–water partition coefficient (Wildman–Crippen LogP) is 2.71. The number of aryl methyl sites for hydroxylation is 1. The molecule has 0 fully saturated rings. The molecule has 17 heavy (non-hydrogen) atoms. The van der Waals surface area contributed by atoms with Crippen LogP contribution in [0.2, 0.25) is 0 Å². The summed E-state index contributed by atoms with van der Waals surface area (Å²) >= 11 is 0. The molecule has 0 atom stereocenters. The first-order valence-corrected chi connectivity index (χ1v) is 6.31. The maximum Gasteiger partial charge on any atom is 0.0186 e. The molecule has 1 aromatic rings. The molecule has 0 saturated carbocycles. The van der Waals surface area contributed by atoms with E-state index in [0.717, 1.165) is 19.4 Å². The number of benzene rings is 1. The Morgan fingerprint density at radius 3 is 2.53 bits per heavy atom. The van der Waals surface area contributed by atoms with Crippen molar-refractivity contribution in [3.05, 3.63) is 41.5 Å². The number of nitrogens with two attached hydrogens (primary N) is 2. The van der Waals surface area contributed by atoms with E-state index in [2.05, 4.69) is 38.6 Å². The fourth-order valence-corrected chi connectivity index (χ4v) is 2.01. The van der Waals surface area contributed by atoms with Gasteiger partial charge in [-0.2, -0.15) is 0 Å². The van der Waals surface area contributed by atoms with Crippen molar-refractivity contribution in [2.75, 3.05) is 6.54 Å². The molecule has 0 saturated heterocycles. The minimum atomic E-state index is 0.449. The molecule has 0 aliphatic heterocycles. The lowest BCUT2D eigenvalue weighted by Crippen LogP contribution is -2.09. The quantitative estimate of drug-likeness (QED) is 0.792. The van der Waals surface area contributed by atoms with Crippen molar-refractivity contribution in [1.29, 1.82) is 0 Å².